The summed E-state index contributed by atoms with van der Waals surface area (Å²) in [5, 5.41) is 8.84. The van der Waals surface area contributed by atoms with Crippen molar-refractivity contribution in [3.05, 3.63) is 57.2 Å². The van der Waals surface area contributed by atoms with E-state index in [1.165, 1.54) is 54.6 Å². The Morgan fingerprint density at radius 3 is 2.70 bits per heavy atom. The topological polar surface area (TPSA) is 102 Å². The van der Waals surface area contributed by atoms with Gasteiger partial charge < -0.3 is 15.4 Å². The van der Waals surface area contributed by atoms with Gasteiger partial charge in [-0.15, -0.1) is 0 Å². The molecule has 3 aromatic rings. The second-order valence-electron chi connectivity index (χ2n) is 8.24. The van der Waals surface area contributed by atoms with E-state index >= 15 is 0 Å². The van der Waals surface area contributed by atoms with E-state index in [9.17, 15) is 4.79 Å². The number of rotatable bonds is 8. The SMILES string of the molecule is CCNCCc1c(C)[nH]c(Cc2nccnc2-c2c[nH][nH]c2=O)c1C1CCCCC1. The second-order valence-corrected chi connectivity index (χ2v) is 8.24. The number of aromatic nitrogens is 5. The predicted octanol–water partition coefficient (Wildman–Crippen LogP) is 3.59. The molecule has 0 spiro atoms. The minimum Gasteiger partial charge on any atom is -0.362 e. The van der Waals surface area contributed by atoms with Gasteiger partial charge in [-0.05, 0) is 56.3 Å². The average molecular weight is 409 g/mol. The molecule has 1 saturated carbocycles. The Balaban J connectivity index is 1.72. The number of aryl methyl sites for hydroxylation is 1. The zero-order valence-electron chi connectivity index (χ0n) is 18.0. The van der Waals surface area contributed by atoms with E-state index in [-0.39, 0.29) is 5.56 Å². The highest BCUT2D eigenvalue weighted by Gasteiger charge is 2.26. The van der Waals surface area contributed by atoms with Crippen LogP contribution in [0.3, 0.4) is 0 Å². The molecule has 160 valence electrons. The van der Waals surface area contributed by atoms with Crippen molar-refractivity contribution < 1.29 is 0 Å². The van der Waals surface area contributed by atoms with Gasteiger partial charge in [0.15, 0.2) is 0 Å². The Hall–Kier alpha value is -2.67. The third kappa shape index (κ3) is 4.26. The molecule has 3 heterocycles. The van der Waals surface area contributed by atoms with Gasteiger partial charge in [0.05, 0.1) is 17.0 Å². The van der Waals surface area contributed by atoms with Crippen LogP contribution in [0.4, 0.5) is 0 Å². The first-order valence-electron chi connectivity index (χ1n) is 11.2. The van der Waals surface area contributed by atoms with Gasteiger partial charge in [0, 0.05) is 36.4 Å². The predicted molar refractivity (Wildman–Crippen MR) is 119 cm³/mol. The average Bonchev–Trinajstić information content (AvgIpc) is 3.32. The molecule has 4 rings (SSSR count). The molecule has 7 nitrogen and oxygen atoms in total. The smallest absolute Gasteiger partial charge is 0.273 e. The van der Waals surface area contributed by atoms with E-state index < -0.39 is 0 Å². The fraction of sp³-hybridized carbons (Fsp3) is 0.522. The molecule has 1 aliphatic rings. The molecule has 0 saturated heterocycles. The lowest BCUT2D eigenvalue weighted by molar-refractivity contribution is 0.440. The van der Waals surface area contributed by atoms with Crippen LogP contribution in [0.1, 0.15) is 73.2 Å². The molecular formula is C23H32N6O. The standard InChI is InChI=1S/C23H32N6O/c1-3-24-10-9-17-15(2)28-19(21(17)16-7-5-4-6-8-16)13-20-22(26-12-11-25-20)18-14-27-29-23(18)30/h11-12,14,16,24,28H,3-10,13H2,1-2H3,(H2,27,29,30). The highest BCUT2D eigenvalue weighted by molar-refractivity contribution is 5.60. The van der Waals surface area contributed by atoms with Crippen LogP contribution in [0.2, 0.25) is 0 Å². The summed E-state index contributed by atoms with van der Waals surface area (Å²) < 4.78 is 0. The summed E-state index contributed by atoms with van der Waals surface area (Å²) in [5.41, 5.74) is 7.29. The number of hydrogen-bond acceptors (Lipinski definition) is 4. The maximum atomic E-state index is 12.2. The van der Waals surface area contributed by atoms with Gasteiger partial charge in [-0.3, -0.25) is 19.9 Å². The number of nitrogens with zero attached hydrogens (tertiary/aromatic N) is 2. The van der Waals surface area contributed by atoms with Gasteiger partial charge in [0.1, 0.15) is 0 Å². The molecule has 1 aliphatic carbocycles. The highest BCUT2D eigenvalue weighted by atomic mass is 16.1. The van der Waals surface area contributed by atoms with E-state index in [0.29, 0.717) is 23.6 Å². The normalized spacial score (nSPS) is 15.0. The number of likely N-dealkylation sites (N-methyl/N-ethyl adjacent to an activating group) is 1. The molecule has 0 amide bonds. The zero-order valence-corrected chi connectivity index (χ0v) is 18.0. The van der Waals surface area contributed by atoms with Crippen molar-refractivity contribution >= 4 is 0 Å². The molecule has 1 fully saturated rings. The fourth-order valence-corrected chi connectivity index (χ4v) is 4.86. The molecule has 0 atom stereocenters. The van der Waals surface area contributed by atoms with Gasteiger partial charge in [-0.2, -0.15) is 0 Å². The van der Waals surface area contributed by atoms with Gasteiger partial charge >= 0.3 is 0 Å². The van der Waals surface area contributed by atoms with E-state index in [4.69, 9.17) is 0 Å². The van der Waals surface area contributed by atoms with Crippen molar-refractivity contribution in [1.82, 2.24) is 30.5 Å². The van der Waals surface area contributed by atoms with E-state index in [0.717, 1.165) is 25.2 Å². The lowest BCUT2D eigenvalue weighted by Crippen LogP contribution is -2.18. The molecular weight excluding hydrogens is 376 g/mol. The van der Waals surface area contributed by atoms with Gasteiger partial charge in [0.25, 0.3) is 5.56 Å². The molecule has 0 bridgehead atoms. The number of hydrogen-bond donors (Lipinski definition) is 4. The summed E-state index contributed by atoms with van der Waals surface area (Å²) in [6, 6.07) is 0. The Morgan fingerprint density at radius 2 is 1.97 bits per heavy atom. The molecule has 30 heavy (non-hydrogen) atoms. The third-order valence-electron chi connectivity index (χ3n) is 6.28. The zero-order chi connectivity index (χ0) is 20.9. The Kier molecular flexibility index (Phi) is 6.47. The van der Waals surface area contributed by atoms with Crippen LogP contribution in [0.5, 0.6) is 0 Å². The van der Waals surface area contributed by atoms with Crippen molar-refractivity contribution in [2.75, 3.05) is 13.1 Å². The molecule has 0 radical (unpaired) electrons. The van der Waals surface area contributed by atoms with Gasteiger partial charge in [0.2, 0.25) is 0 Å². The number of aromatic amines is 3. The van der Waals surface area contributed by atoms with Crippen molar-refractivity contribution in [3.8, 4) is 11.3 Å². The van der Waals surface area contributed by atoms with Crippen LogP contribution in [-0.2, 0) is 12.8 Å². The minimum absolute atomic E-state index is 0.168. The summed E-state index contributed by atoms with van der Waals surface area (Å²) in [6.45, 7) is 6.31. The summed E-state index contributed by atoms with van der Waals surface area (Å²) in [5.74, 6) is 0.603. The first-order valence-corrected chi connectivity index (χ1v) is 11.2. The van der Waals surface area contributed by atoms with E-state index in [1.807, 2.05) is 0 Å². The third-order valence-corrected chi connectivity index (χ3v) is 6.28. The maximum absolute atomic E-state index is 12.2. The summed E-state index contributed by atoms with van der Waals surface area (Å²) in [4.78, 5) is 25.0. The fourth-order valence-electron chi connectivity index (χ4n) is 4.86. The van der Waals surface area contributed by atoms with Crippen molar-refractivity contribution in [3.63, 3.8) is 0 Å². The van der Waals surface area contributed by atoms with Crippen LogP contribution in [0.25, 0.3) is 11.3 Å². The van der Waals surface area contributed by atoms with Crippen molar-refractivity contribution in [2.24, 2.45) is 0 Å². The first kappa shape index (κ1) is 20.6. The van der Waals surface area contributed by atoms with Crippen LogP contribution in [0, 0.1) is 6.92 Å². The first-order chi connectivity index (χ1) is 14.7. The number of nitrogens with one attached hydrogen (secondary N) is 4. The quantitative estimate of drug-likeness (QED) is 0.428. The van der Waals surface area contributed by atoms with Crippen LogP contribution >= 0.6 is 0 Å². The maximum Gasteiger partial charge on any atom is 0.273 e. The molecule has 4 N–H and O–H groups in total. The highest BCUT2D eigenvalue weighted by Crippen LogP contribution is 2.38. The summed E-state index contributed by atoms with van der Waals surface area (Å²) >= 11 is 0. The van der Waals surface area contributed by atoms with E-state index in [2.05, 4.69) is 44.3 Å². The second kappa shape index (κ2) is 9.43. The molecule has 0 aromatic carbocycles. The largest absolute Gasteiger partial charge is 0.362 e. The van der Waals surface area contributed by atoms with Crippen LogP contribution in [-0.4, -0.2) is 38.2 Å². The monoisotopic (exact) mass is 408 g/mol. The van der Waals surface area contributed by atoms with E-state index in [1.54, 1.807) is 18.6 Å². The molecule has 0 unspecified atom stereocenters. The molecule has 0 aliphatic heterocycles. The Morgan fingerprint density at radius 1 is 1.17 bits per heavy atom. The lowest BCUT2D eigenvalue weighted by atomic mass is 9.81. The lowest BCUT2D eigenvalue weighted by Gasteiger charge is -2.24. The number of H-pyrrole nitrogens is 3. The van der Waals surface area contributed by atoms with Crippen LogP contribution in [0.15, 0.2) is 23.4 Å². The Bertz CT molecular complexity index is 1020. The summed E-state index contributed by atoms with van der Waals surface area (Å²) in [6.07, 6.45) is 13.2. The van der Waals surface area contributed by atoms with Gasteiger partial charge in [-0.25, -0.2) is 0 Å². The van der Waals surface area contributed by atoms with Crippen LogP contribution < -0.4 is 10.9 Å². The molecule has 7 heteroatoms. The molecule has 3 aromatic heterocycles. The van der Waals surface area contributed by atoms with Gasteiger partial charge in [-0.1, -0.05) is 26.2 Å². The summed E-state index contributed by atoms with van der Waals surface area (Å²) in [7, 11) is 0. The Labute approximate surface area is 177 Å². The van der Waals surface area contributed by atoms with Crippen molar-refractivity contribution in [2.45, 2.75) is 64.7 Å². The minimum atomic E-state index is -0.168. The van der Waals surface area contributed by atoms with Crippen molar-refractivity contribution in [1.29, 1.82) is 0 Å².